The number of rotatable bonds is 4. The summed E-state index contributed by atoms with van der Waals surface area (Å²) < 4.78 is 3.39. The maximum atomic E-state index is 5.92. The molecule has 0 radical (unpaired) electrons. The van der Waals surface area contributed by atoms with Gasteiger partial charge >= 0.3 is 0 Å². The highest BCUT2D eigenvalue weighted by molar-refractivity contribution is 9.10. The number of aromatic nitrogens is 2. The zero-order chi connectivity index (χ0) is 24.0. The molecule has 6 heteroatoms. The highest BCUT2D eigenvalue weighted by Gasteiger charge is 2.42. The van der Waals surface area contributed by atoms with Crippen LogP contribution in [-0.2, 0) is 0 Å². The molecule has 2 aromatic heterocycles. The number of pyridine rings is 1. The lowest BCUT2D eigenvalue weighted by Gasteiger charge is -2.28. The Morgan fingerprint density at radius 3 is 2.29 bits per heavy atom. The van der Waals surface area contributed by atoms with E-state index in [1.807, 2.05) is 18.3 Å². The van der Waals surface area contributed by atoms with Crippen LogP contribution in [0.4, 0.5) is 5.69 Å². The van der Waals surface area contributed by atoms with Crippen LogP contribution in [0.15, 0.2) is 77.4 Å². The number of hydrogen-bond acceptors (Lipinski definition) is 2. The summed E-state index contributed by atoms with van der Waals surface area (Å²) in [5, 5.41) is 4.30. The number of thiocarbonyl (C=S) groups is 1. The average molecular weight is 532 g/mol. The van der Waals surface area contributed by atoms with E-state index in [0.717, 1.165) is 26.7 Å². The summed E-state index contributed by atoms with van der Waals surface area (Å²) in [6, 6.07) is 23.3. The van der Waals surface area contributed by atoms with Crippen LogP contribution < -0.4 is 10.2 Å². The Balaban J connectivity index is 1.68. The van der Waals surface area contributed by atoms with Crippen molar-refractivity contribution in [3.63, 3.8) is 0 Å². The normalized spacial score (nSPS) is 17.8. The van der Waals surface area contributed by atoms with Gasteiger partial charge in [0, 0.05) is 33.4 Å². The Morgan fingerprint density at radius 2 is 1.62 bits per heavy atom. The van der Waals surface area contributed by atoms with Crippen LogP contribution in [0.5, 0.6) is 0 Å². The number of nitrogens with zero attached hydrogens (tertiary/aromatic N) is 3. The SMILES string of the molecule is Cc1ccc(N2C(=S)N[C@@H](c3ccccn3)[C@@H]2c2cc(C)n(-c3ccc(Br)cc3)c2C)cc1C. The van der Waals surface area contributed by atoms with Gasteiger partial charge in [-0.2, -0.15) is 0 Å². The molecular formula is C28H27BrN4S. The van der Waals surface area contributed by atoms with Gasteiger partial charge in [-0.15, -0.1) is 0 Å². The van der Waals surface area contributed by atoms with Crippen LogP contribution in [0.3, 0.4) is 0 Å². The fourth-order valence-electron chi connectivity index (χ4n) is 4.90. The average Bonchev–Trinajstić information content (AvgIpc) is 3.32. The van der Waals surface area contributed by atoms with Crippen LogP contribution in [0.25, 0.3) is 5.69 Å². The molecule has 3 heterocycles. The van der Waals surface area contributed by atoms with Gasteiger partial charge in [-0.1, -0.05) is 28.1 Å². The number of aryl methyl sites for hydroxylation is 3. The lowest BCUT2D eigenvalue weighted by molar-refractivity contribution is 0.565. The van der Waals surface area contributed by atoms with Crippen molar-refractivity contribution in [2.75, 3.05) is 4.90 Å². The standard InChI is InChI=1S/C28H27BrN4S/c1-17-8-11-23(15-18(17)2)33-27(26(31-28(33)34)25-7-5-6-14-30-25)24-16-19(3)32(20(24)4)22-12-9-21(29)10-13-22/h5-16,26-27H,1-4H3,(H,31,34)/t26-,27-/m0/s1. The Labute approximate surface area is 214 Å². The van der Waals surface area contributed by atoms with E-state index in [1.165, 1.54) is 28.1 Å². The summed E-state index contributed by atoms with van der Waals surface area (Å²) in [7, 11) is 0. The highest BCUT2D eigenvalue weighted by Crippen LogP contribution is 2.44. The van der Waals surface area contributed by atoms with E-state index in [0.29, 0.717) is 0 Å². The summed E-state index contributed by atoms with van der Waals surface area (Å²) in [5.74, 6) is 0. The molecule has 4 nitrogen and oxygen atoms in total. The molecule has 1 fully saturated rings. The topological polar surface area (TPSA) is 33.1 Å². The van der Waals surface area contributed by atoms with E-state index in [2.05, 4.69) is 113 Å². The largest absolute Gasteiger partial charge is 0.351 e. The molecule has 172 valence electrons. The molecule has 0 unspecified atom stereocenters. The van der Waals surface area contributed by atoms with Gasteiger partial charge in [0.15, 0.2) is 5.11 Å². The van der Waals surface area contributed by atoms with E-state index in [4.69, 9.17) is 17.2 Å². The summed E-state index contributed by atoms with van der Waals surface area (Å²) >= 11 is 9.47. The maximum Gasteiger partial charge on any atom is 0.174 e. The molecule has 0 saturated carbocycles. The lowest BCUT2D eigenvalue weighted by atomic mass is 9.96. The first-order chi connectivity index (χ1) is 16.3. The van der Waals surface area contributed by atoms with E-state index >= 15 is 0 Å². The van der Waals surface area contributed by atoms with Gasteiger partial charge in [-0.3, -0.25) is 4.98 Å². The van der Waals surface area contributed by atoms with Crippen LogP contribution in [0, 0.1) is 27.7 Å². The number of halogens is 1. The van der Waals surface area contributed by atoms with Crippen molar-refractivity contribution in [2.24, 2.45) is 0 Å². The highest BCUT2D eigenvalue weighted by atomic mass is 79.9. The Morgan fingerprint density at radius 1 is 0.882 bits per heavy atom. The molecular weight excluding hydrogens is 504 g/mol. The van der Waals surface area contributed by atoms with Crippen LogP contribution in [-0.4, -0.2) is 14.7 Å². The minimum absolute atomic E-state index is 0.0279. The van der Waals surface area contributed by atoms with E-state index in [9.17, 15) is 0 Å². The van der Waals surface area contributed by atoms with Crippen molar-refractivity contribution < 1.29 is 0 Å². The molecule has 1 aliphatic rings. The molecule has 0 aliphatic carbocycles. The van der Waals surface area contributed by atoms with Gasteiger partial charge in [0.2, 0.25) is 0 Å². The third kappa shape index (κ3) is 3.95. The van der Waals surface area contributed by atoms with Gasteiger partial charge in [-0.25, -0.2) is 0 Å². The zero-order valence-electron chi connectivity index (χ0n) is 19.7. The lowest BCUT2D eigenvalue weighted by Crippen LogP contribution is -2.29. The van der Waals surface area contributed by atoms with Crippen molar-refractivity contribution >= 4 is 38.9 Å². The third-order valence-corrected chi connectivity index (χ3v) is 7.58. The molecule has 0 amide bonds. The summed E-state index contributed by atoms with van der Waals surface area (Å²) in [6.45, 7) is 8.64. The quantitative estimate of drug-likeness (QED) is 0.286. The Bertz CT molecular complexity index is 1360. The van der Waals surface area contributed by atoms with Gasteiger partial charge in [-0.05, 0) is 111 Å². The second-order valence-corrected chi connectivity index (χ2v) is 10.2. The first kappa shape index (κ1) is 22.8. The Hall–Kier alpha value is -2.96. The smallest absolute Gasteiger partial charge is 0.174 e. The van der Waals surface area contributed by atoms with Crippen LogP contribution in [0.1, 0.15) is 45.9 Å². The molecule has 34 heavy (non-hydrogen) atoms. The fourth-order valence-corrected chi connectivity index (χ4v) is 5.51. The summed E-state index contributed by atoms with van der Waals surface area (Å²) in [6.07, 6.45) is 1.85. The number of anilines is 1. The van der Waals surface area contributed by atoms with E-state index in [-0.39, 0.29) is 12.1 Å². The van der Waals surface area contributed by atoms with Gasteiger partial charge in [0.05, 0.1) is 17.8 Å². The zero-order valence-corrected chi connectivity index (χ0v) is 22.1. The molecule has 0 spiro atoms. The predicted molar refractivity (Wildman–Crippen MR) is 147 cm³/mol. The number of benzene rings is 2. The molecule has 1 saturated heterocycles. The molecule has 4 aromatic rings. The summed E-state index contributed by atoms with van der Waals surface area (Å²) in [5.41, 5.74) is 9.37. The van der Waals surface area contributed by atoms with Crippen molar-refractivity contribution in [1.82, 2.24) is 14.9 Å². The molecule has 2 aromatic carbocycles. The molecule has 1 aliphatic heterocycles. The maximum absolute atomic E-state index is 5.92. The van der Waals surface area contributed by atoms with E-state index in [1.54, 1.807) is 0 Å². The van der Waals surface area contributed by atoms with Crippen molar-refractivity contribution in [3.8, 4) is 5.69 Å². The number of hydrogen-bond donors (Lipinski definition) is 1. The summed E-state index contributed by atoms with van der Waals surface area (Å²) in [4.78, 5) is 6.96. The molecule has 0 bridgehead atoms. The molecule has 5 rings (SSSR count). The van der Waals surface area contributed by atoms with Crippen molar-refractivity contribution in [2.45, 2.75) is 39.8 Å². The minimum atomic E-state index is -0.0609. The second kappa shape index (κ2) is 9.01. The van der Waals surface area contributed by atoms with Crippen LogP contribution >= 0.6 is 28.1 Å². The third-order valence-electron chi connectivity index (χ3n) is 6.74. The Kier molecular flexibility index (Phi) is 6.04. The predicted octanol–water partition coefficient (Wildman–Crippen LogP) is 7.05. The van der Waals surface area contributed by atoms with E-state index < -0.39 is 0 Å². The molecule has 2 atom stereocenters. The number of nitrogens with one attached hydrogen (secondary N) is 1. The monoisotopic (exact) mass is 530 g/mol. The first-order valence-corrected chi connectivity index (χ1v) is 12.6. The van der Waals surface area contributed by atoms with Crippen molar-refractivity contribution in [3.05, 3.63) is 111 Å². The van der Waals surface area contributed by atoms with Gasteiger partial charge in [0.25, 0.3) is 0 Å². The fraction of sp³-hybridized carbons (Fsp3) is 0.214. The van der Waals surface area contributed by atoms with Gasteiger partial charge in [0.1, 0.15) is 0 Å². The van der Waals surface area contributed by atoms with Gasteiger partial charge < -0.3 is 14.8 Å². The second-order valence-electron chi connectivity index (χ2n) is 8.90. The minimum Gasteiger partial charge on any atom is -0.351 e. The molecule has 1 N–H and O–H groups in total. The first-order valence-electron chi connectivity index (χ1n) is 11.4. The van der Waals surface area contributed by atoms with Crippen molar-refractivity contribution in [1.29, 1.82) is 0 Å². The van der Waals surface area contributed by atoms with Crippen LogP contribution in [0.2, 0.25) is 0 Å².